The number of amides is 1. The highest BCUT2D eigenvalue weighted by Gasteiger charge is 2.29. The highest BCUT2D eigenvalue weighted by molar-refractivity contribution is 7.09. The zero-order valence-corrected chi connectivity index (χ0v) is 15.6. The van der Waals surface area contributed by atoms with Crippen molar-refractivity contribution in [1.29, 1.82) is 0 Å². The summed E-state index contributed by atoms with van der Waals surface area (Å²) in [5, 5.41) is 4.84. The Morgan fingerprint density at radius 2 is 2.28 bits per heavy atom. The molecule has 1 saturated heterocycles. The van der Waals surface area contributed by atoms with Crippen molar-refractivity contribution in [2.75, 3.05) is 13.1 Å². The van der Waals surface area contributed by atoms with Crippen molar-refractivity contribution in [2.24, 2.45) is 0 Å². The summed E-state index contributed by atoms with van der Waals surface area (Å²) in [5.41, 5.74) is 3.46. The molecule has 0 unspecified atom stereocenters. The van der Waals surface area contributed by atoms with E-state index < -0.39 is 0 Å². The third-order valence-electron chi connectivity index (χ3n) is 4.48. The molecular weight excluding hydrogens is 354 g/mol. The first kappa shape index (κ1) is 16.4. The normalized spacial score (nSPS) is 17.8. The van der Waals surface area contributed by atoms with E-state index >= 15 is 0 Å². The van der Waals surface area contributed by atoms with Gasteiger partial charge in [0.15, 0.2) is 0 Å². The van der Waals surface area contributed by atoms with Crippen molar-refractivity contribution in [3.05, 3.63) is 50.9 Å². The van der Waals surface area contributed by atoms with Crippen LogP contribution >= 0.6 is 22.7 Å². The van der Waals surface area contributed by atoms with Crippen molar-refractivity contribution in [3.8, 4) is 0 Å². The number of rotatable bonds is 4. The fraction of sp³-hybridized carbons (Fsp3) is 0.412. The number of nitrogens with zero attached hydrogens (tertiary/aromatic N) is 5. The van der Waals surface area contributed by atoms with Gasteiger partial charge in [-0.05, 0) is 19.8 Å². The van der Waals surface area contributed by atoms with Crippen molar-refractivity contribution >= 4 is 28.6 Å². The SMILES string of the molecule is Cc1nc(C(=O)N2CCC[C@H](c3nccn3Cc3cscn3)C2)cs1. The minimum atomic E-state index is 0.0339. The summed E-state index contributed by atoms with van der Waals surface area (Å²) in [5.74, 6) is 1.33. The quantitative estimate of drug-likeness (QED) is 0.705. The molecule has 0 aromatic carbocycles. The Balaban J connectivity index is 1.50. The molecule has 0 radical (unpaired) electrons. The molecule has 6 nitrogen and oxygen atoms in total. The second kappa shape index (κ2) is 7.05. The fourth-order valence-electron chi connectivity index (χ4n) is 3.30. The summed E-state index contributed by atoms with van der Waals surface area (Å²) in [7, 11) is 0. The molecule has 0 N–H and O–H groups in total. The van der Waals surface area contributed by atoms with Gasteiger partial charge in [0, 0.05) is 42.2 Å². The van der Waals surface area contributed by atoms with Gasteiger partial charge in [0.05, 0.1) is 22.8 Å². The molecule has 8 heteroatoms. The van der Waals surface area contributed by atoms with Crippen LogP contribution < -0.4 is 0 Å². The van der Waals surface area contributed by atoms with Gasteiger partial charge < -0.3 is 9.47 Å². The molecule has 130 valence electrons. The first-order valence-corrected chi connectivity index (χ1v) is 10.1. The summed E-state index contributed by atoms with van der Waals surface area (Å²) >= 11 is 3.12. The third kappa shape index (κ3) is 3.50. The summed E-state index contributed by atoms with van der Waals surface area (Å²) in [6.45, 7) is 4.15. The van der Waals surface area contributed by atoms with E-state index in [0.29, 0.717) is 12.2 Å². The number of likely N-dealkylation sites (tertiary alicyclic amines) is 1. The molecule has 0 bridgehead atoms. The van der Waals surface area contributed by atoms with E-state index in [1.165, 1.54) is 11.3 Å². The highest BCUT2D eigenvalue weighted by atomic mass is 32.1. The van der Waals surface area contributed by atoms with Gasteiger partial charge in [-0.25, -0.2) is 15.0 Å². The molecule has 3 aromatic rings. The predicted octanol–water partition coefficient (Wildman–Crippen LogP) is 3.17. The summed E-state index contributed by atoms with van der Waals surface area (Å²) < 4.78 is 2.15. The van der Waals surface area contributed by atoms with E-state index in [0.717, 1.165) is 42.5 Å². The van der Waals surface area contributed by atoms with Crippen LogP contribution in [-0.2, 0) is 6.54 Å². The van der Waals surface area contributed by atoms with Crippen LogP contribution in [0.1, 0.15) is 45.8 Å². The lowest BCUT2D eigenvalue weighted by atomic mass is 9.97. The van der Waals surface area contributed by atoms with Gasteiger partial charge in [0.1, 0.15) is 11.5 Å². The zero-order valence-electron chi connectivity index (χ0n) is 14.0. The molecule has 1 aliphatic heterocycles. The number of hydrogen-bond donors (Lipinski definition) is 0. The van der Waals surface area contributed by atoms with Crippen molar-refractivity contribution < 1.29 is 4.79 Å². The Labute approximate surface area is 154 Å². The molecule has 0 spiro atoms. The number of hydrogen-bond acceptors (Lipinski definition) is 6. The maximum Gasteiger partial charge on any atom is 0.273 e. The first-order valence-electron chi connectivity index (χ1n) is 8.30. The topological polar surface area (TPSA) is 63.9 Å². The minimum Gasteiger partial charge on any atom is -0.337 e. The number of aromatic nitrogens is 4. The largest absolute Gasteiger partial charge is 0.337 e. The molecule has 1 aliphatic rings. The molecule has 3 aromatic heterocycles. The van der Waals surface area contributed by atoms with Gasteiger partial charge in [0.25, 0.3) is 5.91 Å². The number of carbonyl (C=O) groups excluding carboxylic acids is 1. The molecule has 25 heavy (non-hydrogen) atoms. The van der Waals surface area contributed by atoms with E-state index in [4.69, 9.17) is 0 Å². The number of carbonyl (C=O) groups is 1. The summed E-state index contributed by atoms with van der Waals surface area (Å²) in [6, 6.07) is 0. The lowest BCUT2D eigenvalue weighted by Crippen LogP contribution is -2.40. The van der Waals surface area contributed by atoms with Gasteiger partial charge in [-0.3, -0.25) is 4.79 Å². The molecule has 1 amide bonds. The average Bonchev–Trinajstić information content (AvgIpc) is 3.37. The number of thiazole rings is 2. The third-order valence-corrected chi connectivity index (χ3v) is 5.88. The van der Waals surface area contributed by atoms with Gasteiger partial charge >= 0.3 is 0 Å². The van der Waals surface area contributed by atoms with E-state index in [1.807, 2.05) is 35.1 Å². The molecule has 0 saturated carbocycles. The Bertz CT molecular complexity index is 854. The van der Waals surface area contributed by atoms with Gasteiger partial charge in [-0.2, -0.15) is 0 Å². The summed E-state index contributed by atoms with van der Waals surface area (Å²) in [4.78, 5) is 27.9. The van der Waals surface area contributed by atoms with E-state index in [1.54, 1.807) is 11.3 Å². The fourth-order valence-corrected chi connectivity index (χ4v) is 4.44. The second-order valence-electron chi connectivity index (χ2n) is 6.24. The van der Waals surface area contributed by atoms with Crippen LogP contribution in [-0.4, -0.2) is 43.4 Å². The molecule has 4 rings (SSSR count). The number of aryl methyl sites for hydroxylation is 1. The Morgan fingerprint density at radius 3 is 3.04 bits per heavy atom. The van der Waals surface area contributed by atoms with Crippen molar-refractivity contribution in [3.63, 3.8) is 0 Å². The second-order valence-corrected chi connectivity index (χ2v) is 8.02. The van der Waals surface area contributed by atoms with E-state index in [-0.39, 0.29) is 11.8 Å². The maximum atomic E-state index is 12.7. The average molecular weight is 374 g/mol. The van der Waals surface area contributed by atoms with Gasteiger partial charge in [-0.1, -0.05) is 0 Å². The molecule has 0 aliphatic carbocycles. The van der Waals surface area contributed by atoms with Gasteiger partial charge in [-0.15, -0.1) is 22.7 Å². The van der Waals surface area contributed by atoms with Crippen molar-refractivity contribution in [1.82, 2.24) is 24.4 Å². The van der Waals surface area contributed by atoms with Crippen LogP contribution in [0.4, 0.5) is 0 Å². The van der Waals surface area contributed by atoms with Crippen LogP contribution in [0.15, 0.2) is 28.7 Å². The maximum absolute atomic E-state index is 12.7. The lowest BCUT2D eigenvalue weighted by molar-refractivity contribution is 0.0698. The molecule has 4 heterocycles. The highest BCUT2D eigenvalue weighted by Crippen LogP contribution is 2.27. The van der Waals surface area contributed by atoms with Crippen LogP contribution in [0, 0.1) is 6.92 Å². The van der Waals surface area contributed by atoms with Crippen LogP contribution in [0.3, 0.4) is 0 Å². The van der Waals surface area contributed by atoms with Crippen molar-refractivity contribution in [2.45, 2.75) is 32.2 Å². The van der Waals surface area contributed by atoms with Crippen LogP contribution in [0.5, 0.6) is 0 Å². The van der Waals surface area contributed by atoms with E-state index in [9.17, 15) is 4.79 Å². The Kier molecular flexibility index (Phi) is 4.63. The first-order chi connectivity index (χ1) is 12.2. The smallest absolute Gasteiger partial charge is 0.273 e. The van der Waals surface area contributed by atoms with Crippen LogP contribution in [0.25, 0.3) is 0 Å². The Morgan fingerprint density at radius 1 is 1.36 bits per heavy atom. The molecule has 1 atom stereocenters. The van der Waals surface area contributed by atoms with Crippen LogP contribution in [0.2, 0.25) is 0 Å². The minimum absolute atomic E-state index is 0.0339. The Hall–Kier alpha value is -2.06. The lowest BCUT2D eigenvalue weighted by Gasteiger charge is -2.32. The molecule has 1 fully saturated rings. The monoisotopic (exact) mass is 373 g/mol. The predicted molar refractivity (Wildman–Crippen MR) is 98.2 cm³/mol. The zero-order chi connectivity index (χ0) is 17.2. The van der Waals surface area contributed by atoms with Gasteiger partial charge in [0.2, 0.25) is 0 Å². The number of piperidine rings is 1. The molecular formula is C17H19N5OS2. The number of imidazole rings is 1. The summed E-state index contributed by atoms with van der Waals surface area (Å²) in [6.07, 6.45) is 5.88. The van der Waals surface area contributed by atoms with E-state index in [2.05, 4.69) is 24.9 Å². The standard InChI is InChI=1S/C17H19N5OS2/c1-12-20-15(10-25-12)17(23)22-5-2-3-13(7-22)16-18-4-6-21(16)8-14-9-24-11-19-14/h4,6,9-11,13H,2-3,5,7-8H2,1H3/t13-/m0/s1.